The molecule has 1 fully saturated rings. The van der Waals surface area contributed by atoms with Crippen LogP contribution in [0.25, 0.3) is 6.08 Å². The molecule has 3 heterocycles. The highest BCUT2D eigenvalue weighted by atomic mass is 19.1. The van der Waals surface area contributed by atoms with Crippen LogP contribution in [0.15, 0.2) is 60.4 Å². The maximum atomic E-state index is 15.0. The second-order valence-electron chi connectivity index (χ2n) is 11.5. The Morgan fingerprint density at radius 2 is 1.78 bits per heavy atom. The number of hydrogen-bond donors (Lipinski definition) is 3. The molecule has 2 aromatic carbocycles. The van der Waals surface area contributed by atoms with Gasteiger partial charge in [-0.3, -0.25) is 9.78 Å². The van der Waals surface area contributed by atoms with Gasteiger partial charge in [0, 0.05) is 36.2 Å². The molecular weight excluding hydrogens is 586 g/mol. The van der Waals surface area contributed by atoms with Crippen LogP contribution in [-0.4, -0.2) is 40.1 Å². The van der Waals surface area contributed by atoms with Crippen LogP contribution in [0.1, 0.15) is 72.6 Å². The molecule has 0 aliphatic carbocycles. The number of aryl methyl sites for hydroxylation is 1. The van der Waals surface area contributed by atoms with Gasteiger partial charge in [0.15, 0.2) is 0 Å². The van der Waals surface area contributed by atoms with Crippen molar-refractivity contribution in [2.45, 2.75) is 58.1 Å². The number of halogens is 4. The first-order valence-electron chi connectivity index (χ1n) is 14.8. The number of carbonyl (C=O) groups excluding carboxylic acids is 1. The van der Waals surface area contributed by atoms with Gasteiger partial charge in [0.25, 0.3) is 0 Å². The minimum Gasteiger partial charge on any atom is -0.375 e. The number of amides is 1. The van der Waals surface area contributed by atoms with E-state index >= 15 is 0 Å². The quantitative estimate of drug-likeness (QED) is 0.167. The number of H-pyrrole nitrogens is 1. The lowest BCUT2D eigenvalue weighted by Crippen LogP contribution is -2.41. The molecule has 1 aliphatic heterocycles. The van der Waals surface area contributed by atoms with E-state index in [2.05, 4.69) is 25.6 Å². The molecule has 236 valence electrons. The van der Waals surface area contributed by atoms with Crippen molar-refractivity contribution in [2.75, 3.05) is 18.5 Å². The number of ether oxygens (including phenoxy) is 1. The number of nitrogens with zero attached hydrogens (tertiary/aromatic N) is 2. The molecular formula is C34H35F4N5O2. The Bertz CT molecular complexity index is 1660. The zero-order valence-electron chi connectivity index (χ0n) is 25.3. The Labute approximate surface area is 259 Å². The molecule has 1 amide bonds. The standard InChI is InChI=1S/C34H35F4N5O2/c1-19(2)10-30-20(3)41-34(43-30)32-18-45-26(15-40-32)8-9-27-29(38)16-39-17-31(27)42-33(44)14-28(21-4-6-23(35)7-5-21)22-11-24(36)13-25(37)12-22/h4-7,10-13,16-17,26,28,32,40H,8-9,14-15,18H2,1-3H3,(H,41,43)(H,42,44)/t26-,28+,32+/m1/s1. The van der Waals surface area contributed by atoms with Gasteiger partial charge in [0.2, 0.25) is 5.91 Å². The fourth-order valence-corrected chi connectivity index (χ4v) is 5.48. The number of aromatic nitrogens is 3. The summed E-state index contributed by atoms with van der Waals surface area (Å²) in [5.41, 5.74) is 4.19. The van der Waals surface area contributed by atoms with Gasteiger partial charge in [0.05, 0.1) is 42.5 Å². The largest absolute Gasteiger partial charge is 0.375 e. The third-order valence-electron chi connectivity index (χ3n) is 7.73. The molecule has 0 radical (unpaired) electrons. The number of rotatable bonds is 10. The number of imidazole rings is 1. The molecule has 7 nitrogen and oxygen atoms in total. The SMILES string of the molecule is CC(C)=Cc1nc([C@@H]2CO[C@H](CCc3c(F)cncc3NC(=O)C[C@@H](c3ccc(F)cc3)c3cc(F)cc(F)c3)CN2)[nH]c1C. The maximum Gasteiger partial charge on any atom is 0.225 e. The number of allylic oxidation sites excluding steroid dienone is 1. The molecule has 0 unspecified atom stereocenters. The van der Waals surface area contributed by atoms with Crippen molar-refractivity contribution in [3.63, 3.8) is 0 Å². The van der Waals surface area contributed by atoms with Crippen molar-refractivity contribution in [3.05, 3.63) is 118 Å². The number of aromatic amines is 1. The number of anilines is 1. The second kappa shape index (κ2) is 14.2. The topological polar surface area (TPSA) is 91.9 Å². The first kappa shape index (κ1) is 32.1. The van der Waals surface area contributed by atoms with Crippen LogP contribution in [0.5, 0.6) is 0 Å². The Morgan fingerprint density at radius 1 is 1.04 bits per heavy atom. The molecule has 0 saturated carbocycles. The van der Waals surface area contributed by atoms with E-state index in [1.807, 2.05) is 26.8 Å². The van der Waals surface area contributed by atoms with E-state index in [0.29, 0.717) is 25.1 Å². The van der Waals surface area contributed by atoms with Crippen LogP contribution < -0.4 is 10.6 Å². The Balaban J connectivity index is 1.24. The fraction of sp³-hybridized carbons (Fsp3) is 0.324. The molecule has 45 heavy (non-hydrogen) atoms. The van der Waals surface area contributed by atoms with Gasteiger partial charge < -0.3 is 20.4 Å². The van der Waals surface area contributed by atoms with Gasteiger partial charge in [-0.05, 0) is 75.1 Å². The van der Waals surface area contributed by atoms with Crippen LogP contribution in [0.2, 0.25) is 0 Å². The van der Waals surface area contributed by atoms with E-state index in [1.165, 1.54) is 30.5 Å². The highest BCUT2D eigenvalue weighted by Gasteiger charge is 2.26. The van der Waals surface area contributed by atoms with E-state index in [-0.39, 0.29) is 41.8 Å². The van der Waals surface area contributed by atoms with Gasteiger partial charge in [-0.15, -0.1) is 0 Å². The zero-order valence-corrected chi connectivity index (χ0v) is 25.3. The van der Waals surface area contributed by atoms with Crippen molar-refractivity contribution >= 4 is 17.7 Å². The average molecular weight is 622 g/mol. The third kappa shape index (κ3) is 8.23. The lowest BCUT2D eigenvalue weighted by molar-refractivity contribution is -0.116. The lowest BCUT2D eigenvalue weighted by Gasteiger charge is -2.29. The third-order valence-corrected chi connectivity index (χ3v) is 7.73. The minimum atomic E-state index is -0.798. The van der Waals surface area contributed by atoms with E-state index < -0.39 is 35.1 Å². The number of nitrogens with one attached hydrogen (secondary N) is 3. The summed E-state index contributed by atoms with van der Waals surface area (Å²) in [5, 5.41) is 6.17. The summed E-state index contributed by atoms with van der Waals surface area (Å²) in [6.45, 7) is 6.92. The van der Waals surface area contributed by atoms with Crippen molar-refractivity contribution < 1.29 is 27.1 Å². The van der Waals surface area contributed by atoms with Gasteiger partial charge in [0.1, 0.15) is 29.1 Å². The van der Waals surface area contributed by atoms with Gasteiger partial charge >= 0.3 is 0 Å². The fourth-order valence-electron chi connectivity index (χ4n) is 5.48. The van der Waals surface area contributed by atoms with Gasteiger partial charge in [-0.2, -0.15) is 0 Å². The van der Waals surface area contributed by atoms with E-state index in [0.717, 1.165) is 47.2 Å². The molecule has 11 heteroatoms. The summed E-state index contributed by atoms with van der Waals surface area (Å²) in [6, 6.07) is 8.26. The summed E-state index contributed by atoms with van der Waals surface area (Å²) in [4.78, 5) is 25.2. The molecule has 5 rings (SSSR count). The van der Waals surface area contributed by atoms with Crippen LogP contribution in [0.4, 0.5) is 23.2 Å². The zero-order chi connectivity index (χ0) is 32.1. The Morgan fingerprint density at radius 3 is 2.44 bits per heavy atom. The Kier molecular flexibility index (Phi) is 10.1. The van der Waals surface area contributed by atoms with Crippen molar-refractivity contribution in [1.29, 1.82) is 0 Å². The summed E-state index contributed by atoms with van der Waals surface area (Å²) >= 11 is 0. The summed E-state index contributed by atoms with van der Waals surface area (Å²) in [5.74, 6) is -3.17. The van der Waals surface area contributed by atoms with Crippen molar-refractivity contribution in [2.24, 2.45) is 0 Å². The smallest absolute Gasteiger partial charge is 0.225 e. The number of morpholine rings is 1. The molecule has 0 spiro atoms. The van der Waals surface area contributed by atoms with Crippen molar-refractivity contribution in [3.8, 4) is 0 Å². The number of carbonyl (C=O) groups is 1. The van der Waals surface area contributed by atoms with Crippen molar-refractivity contribution in [1.82, 2.24) is 20.3 Å². The normalized spacial score (nSPS) is 17.1. The lowest BCUT2D eigenvalue weighted by atomic mass is 9.88. The molecule has 3 atom stereocenters. The summed E-state index contributed by atoms with van der Waals surface area (Å²) < 4.78 is 62.8. The minimum absolute atomic E-state index is 0.104. The maximum absolute atomic E-state index is 15.0. The number of hydrogen-bond acceptors (Lipinski definition) is 5. The highest BCUT2D eigenvalue weighted by Crippen LogP contribution is 2.31. The van der Waals surface area contributed by atoms with Crippen LogP contribution in [0, 0.1) is 30.2 Å². The summed E-state index contributed by atoms with van der Waals surface area (Å²) in [7, 11) is 0. The summed E-state index contributed by atoms with van der Waals surface area (Å²) in [6.07, 6.45) is 4.78. The monoisotopic (exact) mass is 621 g/mol. The molecule has 0 bridgehead atoms. The van der Waals surface area contributed by atoms with Crippen LogP contribution in [0.3, 0.4) is 0 Å². The predicted octanol–water partition coefficient (Wildman–Crippen LogP) is 6.92. The second-order valence-corrected chi connectivity index (χ2v) is 11.5. The molecule has 2 aromatic heterocycles. The molecule has 1 aliphatic rings. The highest BCUT2D eigenvalue weighted by molar-refractivity contribution is 5.92. The first-order valence-corrected chi connectivity index (χ1v) is 14.8. The van der Waals surface area contributed by atoms with Crippen LogP contribution >= 0.6 is 0 Å². The van der Waals surface area contributed by atoms with E-state index in [9.17, 15) is 22.4 Å². The average Bonchev–Trinajstić information content (AvgIpc) is 3.35. The number of pyridine rings is 1. The van der Waals surface area contributed by atoms with Crippen LogP contribution in [-0.2, 0) is 16.0 Å². The molecule has 4 aromatic rings. The Hall–Kier alpha value is -4.35. The molecule has 3 N–H and O–H groups in total. The van der Waals surface area contributed by atoms with E-state index in [4.69, 9.17) is 4.74 Å². The predicted molar refractivity (Wildman–Crippen MR) is 163 cm³/mol. The van der Waals surface area contributed by atoms with Gasteiger partial charge in [-0.25, -0.2) is 22.5 Å². The number of benzene rings is 2. The van der Waals surface area contributed by atoms with Gasteiger partial charge in [-0.1, -0.05) is 17.7 Å². The molecule has 1 saturated heterocycles. The van der Waals surface area contributed by atoms with E-state index in [1.54, 1.807) is 0 Å². The first-order chi connectivity index (χ1) is 21.5.